The van der Waals surface area contributed by atoms with E-state index in [9.17, 15) is 9.59 Å². The average molecular weight is 438 g/mol. The van der Waals surface area contributed by atoms with Crippen LogP contribution in [-0.2, 0) is 29.0 Å². The molecule has 0 spiro atoms. The molecule has 0 radical (unpaired) electrons. The summed E-state index contributed by atoms with van der Waals surface area (Å²) in [6.07, 6.45) is 3.57. The molecule has 1 aromatic carbocycles. The van der Waals surface area contributed by atoms with Gasteiger partial charge in [-0.05, 0) is 30.9 Å². The van der Waals surface area contributed by atoms with Gasteiger partial charge in [-0.2, -0.15) is 0 Å². The van der Waals surface area contributed by atoms with Crippen LogP contribution in [0, 0.1) is 0 Å². The minimum atomic E-state index is -0.108. The van der Waals surface area contributed by atoms with Crippen LogP contribution >= 0.6 is 0 Å². The highest BCUT2D eigenvalue weighted by Crippen LogP contribution is 2.34. The van der Waals surface area contributed by atoms with Crippen LogP contribution in [0.15, 0.2) is 24.3 Å². The molecule has 1 fully saturated rings. The van der Waals surface area contributed by atoms with Gasteiger partial charge in [0.25, 0.3) is 0 Å². The number of ether oxygens (including phenoxy) is 1. The van der Waals surface area contributed by atoms with Gasteiger partial charge in [0, 0.05) is 45.5 Å². The third-order valence-corrected chi connectivity index (χ3v) is 6.43. The highest BCUT2D eigenvalue weighted by atomic mass is 16.5. The Balaban J connectivity index is 1.52. The molecule has 1 atom stereocenters. The number of nitrogens with one attached hydrogen (secondary N) is 1. The van der Waals surface area contributed by atoms with E-state index in [1.54, 1.807) is 14.0 Å². The first-order valence-electron chi connectivity index (χ1n) is 11.3. The van der Waals surface area contributed by atoms with Crippen molar-refractivity contribution in [3.63, 3.8) is 0 Å². The van der Waals surface area contributed by atoms with Gasteiger partial charge in [0.2, 0.25) is 11.8 Å². The summed E-state index contributed by atoms with van der Waals surface area (Å²) in [6, 6.07) is 7.72. The maximum absolute atomic E-state index is 13.1. The van der Waals surface area contributed by atoms with Gasteiger partial charge in [-0.25, -0.2) is 9.97 Å². The number of amides is 2. The fourth-order valence-corrected chi connectivity index (χ4v) is 4.69. The Kier molecular flexibility index (Phi) is 6.58. The highest BCUT2D eigenvalue weighted by Gasteiger charge is 2.33. The van der Waals surface area contributed by atoms with Gasteiger partial charge in [-0.3, -0.25) is 9.59 Å². The van der Waals surface area contributed by atoms with E-state index in [4.69, 9.17) is 14.7 Å². The van der Waals surface area contributed by atoms with Crippen LogP contribution in [0.3, 0.4) is 0 Å². The maximum Gasteiger partial charge on any atom is 0.223 e. The van der Waals surface area contributed by atoms with E-state index in [-0.39, 0.29) is 17.9 Å². The highest BCUT2D eigenvalue weighted by molar-refractivity contribution is 5.77. The molecule has 2 aromatic rings. The zero-order valence-electron chi connectivity index (χ0n) is 19.1. The number of carbonyl (C=O) groups is 2. The number of hydrogen-bond acceptors (Lipinski definition) is 6. The topological polar surface area (TPSA) is 87.7 Å². The fraction of sp³-hybridized carbons (Fsp3) is 0.500. The van der Waals surface area contributed by atoms with Crippen molar-refractivity contribution in [2.45, 2.75) is 51.6 Å². The summed E-state index contributed by atoms with van der Waals surface area (Å²) in [5.74, 6) is 2.45. The van der Waals surface area contributed by atoms with E-state index in [1.165, 1.54) is 0 Å². The van der Waals surface area contributed by atoms with Crippen LogP contribution in [0.2, 0.25) is 0 Å². The molecule has 8 nitrogen and oxygen atoms in total. The lowest BCUT2D eigenvalue weighted by Gasteiger charge is -2.30. The van der Waals surface area contributed by atoms with Crippen LogP contribution in [0.25, 0.3) is 0 Å². The third kappa shape index (κ3) is 4.40. The maximum atomic E-state index is 13.1. The second-order valence-electron chi connectivity index (χ2n) is 8.35. The van der Waals surface area contributed by atoms with Crippen molar-refractivity contribution >= 4 is 17.6 Å². The summed E-state index contributed by atoms with van der Waals surface area (Å²) in [4.78, 5) is 38.4. The minimum absolute atomic E-state index is 0.0596. The molecule has 170 valence electrons. The molecule has 0 bridgehead atoms. The van der Waals surface area contributed by atoms with Crippen LogP contribution in [-0.4, -0.2) is 58.8 Å². The van der Waals surface area contributed by atoms with Gasteiger partial charge < -0.3 is 19.9 Å². The van der Waals surface area contributed by atoms with Gasteiger partial charge in [0.15, 0.2) is 5.82 Å². The number of methoxy groups -OCH3 is 1. The van der Waals surface area contributed by atoms with Crippen molar-refractivity contribution in [3.05, 3.63) is 46.9 Å². The number of anilines is 1. The van der Waals surface area contributed by atoms with Crippen LogP contribution in [0.4, 0.5) is 5.82 Å². The number of aromatic nitrogens is 2. The smallest absolute Gasteiger partial charge is 0.223 e. The molecule has 1 N–H and O–H groups in total. The SMILES string of the molecule is CNc1nc([C@@H]2CCCN2C(=O)CCc2ccccc2OC)nc2c1CN(C(C)=O)CC2. The lowest BCUT2D eigenvalue weighted by atomic mass is 10.0. The predicted molar refractivity (Wildman–Crippen MR) is 121 cm³/mol. The number of benzene rings is 1. The van der Waals surface area contributed by atoms with Crippen molar-refractivity contribution in [1.82, 2.24) is 19.8 Å². The summed E-state index contributed by atoms with van der Waals surface area (Å²) < 4.78 is 5.42. The molecular formula is C24H31N5O3. The first-order chi connectivity index (χ1) is 15.5. The molecule has 2 amide bonds. The summed E-state index contributed by atoms with van der Waals surface area (Å²) >= 11 is 0. The Morgan fingerprint density at radius 2 is 2.03 bits per heavy atom. The second-order valence-corrected chi connectivity index (χ2v) is 8.35. The number of hydrogen-bond donors (Lipinski definition) is 1. The number of likely N-dealkylation sites (tertiary alicyclic amines) is 1. The zero-order valence-corrected chi connectivity index (χ0v) is 19.1. The van der Waals surface area contributed by atoms with Crippen molar-refractivity contribution in [2.75, 3.05) is 32.6 Å². The lowest BCUT2D eigenvalue weighted by molar-refractivity contribution is -0.132. The Hall–Kier alpha value is -3.16. The minimum Gasteiger partial charge on any atom is -0.496 e. The summed E-state index contributed by atoms with van der Waals surface area (Å²) in [7, 11) is 3.49. The van der Waals surface area contributed by atoms with E-state index in [1.807, 2.05) is 41.1 Å². The number of nitrogens with zero attached hydrogens (tertiary/aromatic N) is 4. The normalized spacial score (nSPS) is 17.8. The van der Waals surface area contributed by atoms with Gasteiger partial charge in [0.1, 0.15) is 11.6 Å². The Morgan fingerprint density at radius 1 is 1.22 bits per heavy atom. The largest absolute Gasteiger partial charge is 0.496 e. The number of aryl methyl sites for hydroxylation is 1. The zero-order chi connectivity index (χ0) is 22.7. The van der Waals surface area contributed by atoms with Crippen molar-refractivity contribution in [2.24, 2.45) is 0 Å². The first kappa shape index (κ1) is 22.0. The van der Waals surface area contributed by atoms with Gasteiger partial charge in [-0.15, -0.1) is 0 Å². The fourth-order valence-electron chi connectivity index (χ4n) is 4.69. The van der Waals surface area contributed by atoms with Crippen LogP contribution < -0.4 is 10.1 Å². The van der Waals surface area contributed by atoms with Crippen LogP contribution in [0.1, 0.15) is 54.9 Å². The number of rotatable bonds is 6. The second kappa shape index (κ2) is 9.54. The van der Waals surface area contributed by atoms with Gasteiger partial charge in [-0.1, -0.05) is 18.2 Å². The Labute approximate surface area is 189 Å². The number of fused-ring (bicyclic) bond motifs is 1. The van der Waals surface area contributed by atoms with E-state index in [2.05, 4.69) is 5.32 Å². The van der Waals surface area contributed by atoms with Gasteiger partial charge in [0.05, 0.1) is 25.4 Å². The Bertz CT molecular complexity index is 992. The molecule has 3 heterocycles. The molecular weight excluding hydrogens is 406 g/mol. The molecule has 1 aromatic heterocycles. The van der Waals surface area contributed by atoms with Crippen molar-refractivity contribution in [1.29, 1.82) is 0 Å². The summed E-state index contributed by atoms with van der Waals surface area (Å²) in [5.41, 5.74) is 2.99. The van der Waals surface area contributed by atoms with Gasteiger partial charge >= 0.3 is 0 Å². The Morgan fingerprint density at radius 3 is 2.78 bits per heavy atom. The molecule has 0 unspecified atom stereocenters. The molecule has 0 aliphatic carbocycles. The predicted octanol–water partition coefficient (Wildman–Crippen LogP) is 2.73. The molecule has 2 aliphatic heterocycles. The molecule has 2 aliphatic rings. The van der Waals surface area contributed by atoms with Crippen molar-refractivity contribution < 1.29 is 14.3 Å². The standard InChI is InChI=1S/C24H31N5O3/c1-16(30)28-14-12-19-18(15-28)23(25-2)27-24(26-19)20-8-6-13-29(20)22(31)11-10-17-7-4-5-9-21(17)32-3/h4-5,7,9,20H,6,8,10-15H2,1-3H3,(H,25,26,27)/t20-/m0/s1. The third-order valence-electron chi connectivity index (χ3n) is 6.43. The number of para-hydroxylation sites is 1. The van der Waals surface area contributed by atoms with E-state index in [0.29, 0.717) is 38.2 Å². The summed E-state index contributed by atoms with van der Waals surface area (Å²) in [5, 5.41) is 3.18. The van der Waals surface area contributed by atoms with Crippen molar-refractivity contribution in [3.8, 4) is 5.75 Å². The summed E-state index contributed by atoms with van der Waals surface area (Å²) in [6.45, 7) is 3.50. The van der Waals surface area contributed by atoms with Crippen LogP contribution in [0.5, 0.6) is 5.75 Å². The molecule has 4 rings (SSSR count). The number of carbonyl (C=O) groups excluding carboxylic acids is 2. The lowest BCUT2D eigenvalue weighted by Crippen LogP contribution is -2.36. The van der Waals surface area contributed by atoms with E-state index < -0.39 is 0 Å². The molecule has 1 saturated heterocycles. The molecule has 0 saturated carbocycles. The van der Waals surface area contributed by atoms with E-state index >= 15 is 0 Å². The molecule has 8 heteroatoms. The monoisotopic (exact) mass is 437 g/mol. The molecule has 32 heavy (non-hydrogen) atoms. The first-order valence-corrected chi connectivity index (χ1v) is 11.3. The quantitative estimate of drug-likeness (QED) is 0.748. The van der Waals surface area contributed by atoms with E-state index in [0.717, 1.165) is 47.8 Å². The average Bonchev–Trinajstić information content (AvgIpc) is 3.31.